The van der Waals surface area contributed by atoms with Gasteiger partial charge in [-0.05, 0) is 47.5 Å². The molecule has 0 spiro atoms. The van der Waals surface area contributed by atoms with Crippen LogP contribution in [0.1, 0.15) is 47.5 Å². The van der Waals surface area contributed by atoms with E-state index in [1.54, 1.807) is 34.6 Å². The van der Waals surface area contributed by atoms with Crippen molar-refractivity contribution in [1.29, 1.82) is 0 Å². The molecule has 0 aliphatic carbocycles. The average Bonchev–Trinajstić information content (AvgIpc) is 2.72. The topological polar surface area (TPSA) is 81.9 Å². The van der Waals surface area contributed by atoms with Crippen molar-refractivity contribution in [2.75, 3.05) is 13.2 Å². The summed E-state index contributed by atoms with van der Waals surface area (Å²) in [4.78, 5) is 26.1. The van der Waals surface area contributed by atoms with Crippen LogP contribution in [0.3, 0.4) is 0 Å². The molecule has 1 fully saturated rings. The van der Waals surface area contributed by atoms with E-state index in [0.29, 0.717) is 19.4 Å². The van der Waals surface area contributed by atoms with Crippen LogP contribution >= 0.6 is 0 Å². The van der Waals surface area contributed by atoms with E-state index < -0.39 is 29.2 Å². The van der Waals surface area contributed by atoms with Crippen LogP contribution in [0.25, 0.3) is 0 Å². The molecule has 0 aromatic rings. The Hall–Kier alpha value is -1.30. The van der Waals surface area contributed by atoms with Gasteiger partial charge in [0, 0.05) is 12.6 Å². The zero-order valence-electron chi connectivity index (χ0n) is 13.1. The summed E-state index contributed by atoms with van der Waals surface area (Å²) in [6.45, 7) is 9.54. The van der Waals surface area contributed by atoms with E-state index in [9.17, 15) is 9.59 Å². The first-order valence-corrected chi connectivity index (χ1v) is 7.08. The van der Waals surface area contributed by atoms with Gasteiger partial charge in [0.1, 0.15) is 5.60 Å². The van der Waals surface area contributed by atoms with Gasteiger partial charge in [-0.25, -0.2) is 9.59 Å². The third kappa shape index (κ3) is 3.23. The van der Waals surface area contributed by atoms with E-state index in [1.165, 1.54) is 4.90 Å². The molecule has 2 N–H and O–H groups in total. The Kier molecular flexibility index (Phi) is 5.02. The fraction of sp³-hybridized carbons (Fsp3) is 0.857. The highest BCUT2D eigenvalue weighted by atomic mass is 16.6. The molecule has 1 saturated heterocycles. The second kappa shape index (κ2) is 5.99. The Morgan fingerprint density at radius 3 is 2.45 bits per heavy atom. The molecule has 0 saturated carbocycles. The molecule has 6 nitrogen and oxygen atoms in total. The van der Waals surface area contributed by atoms with Crippen molar-refractivity contribution in [3.63, 3.8) is 0 Å². The lowest BCUT2D eigenvalue weighted by Crippen LogP contribution is -2.63. The van der Waals surface area contributed by atoms with E-state index in [0.717, 1.165) is 0 Å². The number of nitrogens with zero attached hydrogens (tertiary/aromatic N) is 1. The molecule has 0 aromatic carbocycles. The number of hydrogen-bond donors (Lipinski definition) is 1. The molecular formula is C14H26N2O4. The third-order valence-electron chi connectivity index (χ3n) is 3.42. The van der Waals surface area contributed by atoms with Crippen molar-refractivity contribution in [2.45, 2.75) is 64.6 Å². The number of hydrogen-bond acceptors (Lipinski definition) is 5. The first-order valence-electron chi connectivity index (χ1n) is 7.08. The van der Waals surface area contributed by atoms with Gasteiger partial charge in [-0.3, -0.25) is 4.90 Å². The average molecular weight is 286 g/mol. The first-order chi connectivity index (χ1) is 9.15. The monoisotopic (exact) mass is 286 g/mol. The maximum Gasteiger partial charge on any atom is 0.411 e. The number of likely N-dealkylation sites (tertiary alicyclic amines) is 1. The predicted octanol–water partition coefficient (Wildman–Crippen LogP) is 1.67. The van der Waals surface area contributed by atoms with E-state index >= 15 is 0 Å². The second-order valence-corrected chi connectivity index (χ2v) is 6.17. The summed E-state index contributed by atoms with van der Waals surface area (Å²) in [6.07, 6.45) is 0.697. The van der Waals surface area contributed by atoms with Crippen LogP contribution in [0.2, 0.25) is 0 Å². The van der Waals surface area contributed by atoms with Gasteiger partial charge in [-0.2, -0.15) is 0 Å². The van der Waals surface area contributed by atoms with Crippen molar-refractivity contribution >= 4 is 12.1 Å². The molecule has 0 aromatic heterocycles. The zero-order valence-corrected chi connectivity index (χ0v) is 13.1. The number of rotatable bonds is 3. The molecule has 1 heterocycles. The first kappa shape index (κ1) is 16.8. The van der Waals surface area contributed by atoms with Crippen molar-refractivity contribution in [1.82, 2.24) is 4.90 Å². The summed E-state index contributed by atoms with van der Waals surface area (Å²) in [7, 11) is 0. The van der Waals surface area contributed by atoms with Gasteiger partial charge in [0.05, 0.1) is 6.61 Å². The van der Waals surface area contributed by atoms with E-state index in [4.69, 9.17) is 15.2 Å². The van der Waals surface area contributed by atoms with Crippen molar-refractivity contribution in [3.05, 3.63) is 0 Å². The number of carbonyl (C=O) groups is 2. The molecule has 2 atom stereocenters. The Labute approximate surface area is 120 Å². The van der Waals surface area contributed by atoms with E-state index in [-0.39, 0.29) is 6.61 Å². The summed E-state index contributed by atoms with van der Waals surface area (Å²) in [5.74, 6) is -0.446. The lowest BCUT2D eigenvalue weighted by molar-refractivity contribution is -0.157. The molecule has 0 radical (unpaired) electrons. The molecule has 1 aliphatic heterocycles. The molecular weight excluding hydrogens is 260 g/mol. The van der Waals surface area contributed by atoms with Crippen LogP contribution in [0.5, 0.6) is 0 Å². The Bertz CT molecular complexity index is 376. The largest absolute Gasteiger partial charge is 0.464 e. The third-order valence-corrected chi connectivity index (χ3v) is 3.42. The van der Waals surface area contributed by atoms with Gasteiger partial charge in [-0.1, -0.05) is 0 Å². The fourth-order valence-electron chi connectivity index (χ4n) is 2.54. The number of nitrogens with two attached hydrogens (primary N) is 1. The quantitative estimate of drug-likeness (QED) is 0.798. The van der Waals surface area contributed by atoms with Gasteiger partial charge in [0.2, 0.25) is 0 Å². The van der Waals surface area contributed by atoms with Gasteiger partial charge in [-0.15, -0.1) is 0 Å². The van der Waals surface area contributed by atoms with Crippen molar-refractivity contribution < 1.29 is 19.1 Å². The van der Waals surface area contributed by atoms with Crippen molar-refractivity contribution in [3.8, 4) is 0 Å². The lowest BCUT2D eigenvalue weighted by Gasteiger charge is -2.39. The Balaban J connectivity index is 3.04. The Morgan fingerprint density at radius 1 is 1.40 bits per heavy atom. The molecule has 2 unspecified atom stereocenters. The lowest BCUT2D eigenvalue weighted by atomic mass is 9.89. The molecule has 1 aliphatic rings. The van der Waals surface area contributed by atoms with Crippen LogP contribution in [0.4, 0.5) is 4.79 Å². The maximum atomic E-state index is 12.3. The number of esters is 1. The summed E-state index contributed by atoms with van der Waals surface area (Å²) in [5.41, 5.74) is 4.28. The molecule has 116 valence electrons. The standard InChI is InChI=1S/C14H26N2O4/c1-6-19-11(17)14(10(2)15)8-7-9-16(14)12(18)20-13(3,4)5/h10H,6-9,15H2,1-5H3. The van der Waals surface area contributed by atoms with Crippen LogP contribution < -0.4 is 5.73 Å². The summed E-state index contributed by atoms with van der Waals surface area (Å²) < 4.78 is 10.5. The maximum absolute atomic E-state index is 12.3. The SMILES string of the molecule is CCOC(=O)C1(C(C)N)CCCN1C(=O)OC(C)(C)C. The molecule has 6 heteroatoms. The minimum Gasteiger partial charge on any atom is -0.464 e. The molecule has 1 rings (SSSR count). The predicted molar refractivity (Wildman–Crippen MR) is 75.2 cm³/mol. The molecule has 0 bridgehead atoms. The van der Waals surface area contributed by atoms with Gasteiger partial charge in [0.15, 0.2) is 5.54 Å². The van der Waals surface area contributed by atoms with Gasteiger partial charge in [0.25, 0.3) is 0 Å². The highest BCUT2D eigenvalue weighted by Crippen LogP contribution is 2.34. The number of amides is 1. The van der Waals surface area contributed by atoms with Crippen molar-refractivity contribution in [2.24, 2.45) is 5.73 Å². The summed E-state index contributed by atoms with van der Waals surface area (Å²) >= 11 is 0. The summed E-state index contributed by atoms with van der Waals surface area (Å²) in [6, 6.07) is -0.517. The number of carbonyl (C=O) groups excluding carboxylic acids is 2. The van der Waals surface area contributed by atoms with E-state index in [2.05, 4.69) is 0 Å². The van der Waals surface area contributed by atoms with Gasteiger partial charge < -0.3 is 15.2 Å². The van der Waals surface area contributed by atoms with Crippen LogP contribution in [-0.2, 0) is 14.3 Å². The van der Waals surface area contributed by atoms with Crippen LogP contribution in [0, 0.1) is 0 Å². The highest BCUT2D eigenvalue weighted by Gasteiger charge is 2.54. The molecule has 20 heavy (non-hydrogen) atoms. The van der Waals surface area contributed by atoms with Crippen LogP contribution in [-0.4, -0.2) is 47.3 Å². The summed E-state index contributed by atoms with van der Waals surface area (Å²) in [5, 5.41) is 0. The minimum atomic E-state index is -1.11. The second-order valence-electron chi connectivity index (χ2n) is 6.17. The smallest absolute Gasteiger partial charge is 0.411 e. The van der Waals surface area contributed by atoms with E-state index in [1.807, 2.05) is 0 Å². The normalized spacial score (nSPS) is 24.4. The molecule has 1 amide bonds. The number of ether oxygens (including phenoxy) is 2. The minimum absolute atomic E-state index is 0.259. The van der Waals surface area contributed by atoms with Crippen LogP contribution in [0.15, 0.2) is 0 Å². The fourth-order valence-corrected chi connectivity index (χ4v) is 2.54. The van der Waals surface area contributed by atoms with Gasteiger partial charge >= 0.3 is 12.1 Å². The Morgan fingerprint density at radius 2 is 2.00 bits per heavy atom. The highest BCUT2D eigenvalue weighted by molar-refractivity contribution is 5.87. The zero-order chi connectivity index (χ0) is 15.6.